The standard InChI is InChI=1S/C32H47N5O3/c1-9-32(16-20-36(21-17-32)29-33-18-14-27(34-29)22-31(5,6)25(4)38)37(30(39)35(7)23-24(2)3)19-15-26-10-12-28(40-8)13-11-26/h9-14,18,24H,1,15-17,19-23H2,2-8H3. The maximum absolute atomic E-state index is 13.9. The van der Waals surface area contributed by atoms with Gasteiger partial charge in [0.25, 0.3) is 0 Å². The van der Waals surface area contributed by atoms with E-state index in [1.807, 2.05) is 55.0 Å². The number of piperidine rings is 1. The number of methoxy groups -OCH3 is 1. The first-order chi connectivity index (χ1) is 18.9. The van der Waals surface area contributed by atoms with Crippen molar-refractivity contribution >= 4 is 17.8 Å². The number of ketones is 1. The van der Waals surface area contributed by atoms with Gasteiger partial charge in [0.15, 0.2) is 0 Å². The number of anilines is 1. The van der Waals surface area contributed by atoms with Crippen LogP contribution in [0.25, 0.3) is 0 Å². The average molecular weight is 550 g/mol. The molecule has 1 aliphatic heterocycles. The maximum atomic E-state index is 13.9. The fourth-order valence-corrected chi connectivity index (χ4v) is 5.26. The number of aromatic nitrogens is 2. The van der Waals surface area contributed by atoms with Gasteiger partial charge in [0.05, 0.1) is 12.6 Å². The molecule has 8 nitrogen and oxygen atoms in total. The predicted molar refractivity (Wildman–Crippen MR) is 161 cm³/mol. The van der Waals surface area contributed by atoms with Gasteiger partial charge < -0.3 is 19.4 Å². The molecule has 0 radical (unpaired) electrons. The largest absolute Gasteiger partial charge is 0.497 e. The Morgan fingerprint density at radius 1 is 1.18 bits per heavy atom. The third-order valence-corrected chi connectivity index (χ3v) is 8.09. The van der Waals surface area contributed by atoms with Crippen LogP contribution in [-0.4, -0.2) is 77.5 Å². The van der Waals surface area contributed by atoms with Crippen LogP contribution in [0, 0.1) is 11.3 Å². The second-order valence-electron chi connectivity index (χ2n) is 12.1. The summed E-state index contributed by atoms with van der Waals surface area (Å²) in [7, 11) is 3.55. The monoisotopic (exact) mass is 549 g/mol. The highest BCUT2D eigenvalue weighted by molar-refractivity contribution is 5.81. The van der Waals surface area contributed by atoms with Crippen molar-refractivity contribution in [3.05, 3.63) is 60.4 Å². The minimum absolute atomic E-state index is 0.0280. The molecule has 1 aliphatic rings. The van der Waals surface area contributed by atoms with Crippen LogP contribution in [0.4, 0.5) is 10.7 Å². The Labute approximate surface area is 240 Å². The molecule has 0 saturated carbocycles. The minimum atomic E-state index is -0.474. The van der Waals surface area contributed by atoms with Crippen LogP contribution in [0.15, 0.2) is 49.2 Å². The average Bonchev–Trinajstić information content (AvgIpc) is 2.93. The molecule has 218 valence electrons. The van der Waals surface area contributed by atoms with Gasteiger partial charge >= 0.3 is 6.03 Å². The zero-order valence-corrected chi connectivity index (χ0v) is 25.4. The number of hydrogen-bond donors (Lipinski definition) is 0. The van der Waals surface area contributed by atoms with Crippen molar-refractivity contribution in [2.24, 2.45) is 11.3 Å². The lowest BCUT2D eigenvalue weighted by Crippen LogP contribution is -2.59. The van der Waals surface area contributed by atoms with Gasteiger partial charge in [0, 0.05) is 57.0 Å². The molecule has 40 heavy (non-hydrogen) atoms. The molecule has 2 aromatic rings. The number of carbonyl (C=O) groups excluding carboxylic acids is 2. The molecule has 0 spiro atoms. The van der Waals surface area contributed by atoms with E-state index in [0.29, 0.717) is 44.5 Å². The van der Waals surface area contributed by atoms with Crippen molar-refractivity contribution in [2.75, 3.05) is 45.2 Å². The number of carbonyl (C=O) groups is 2. The number of rotatable bonds is 12. The van der Waals surface area contributed by atoms with Gasteiger partial charge in [-0.05, 0) is 55.9 Å². The predicted octanol–water partition coefficient (Wildman–Crippen LogP) is 5.42. The molecular formula is C32H47N5O3. The Balaban J connectivity index is 1.80. The van der Waals surface area contributed by atoms with Crippen molar-refractivity contribution in [1.29, 1.82) is 0 Å². The van der Waals surface area contributed by atoms with Crippen molar-refractivity contribution in [3.63, 3.8) is 0 Å². The lowest BCUT2D eigenvalue weighted by Gasteiger charge is -2.48. The van der Waals surface area contributed by atoms with Crippen LogP contribution < -0.4 is 9.64 Å². The number of nitrogens with zero attached hydrogens (tertiary/aromatic N) is 5. The second-order valence-corrected chi connectivity index (χ2v) is 12.1. The summed E-state index contributed by atoms with van der Waals surface area (Å²) >= 11 is 0. The Hall–Kier alpha value is -3.42. The number of amides is 2. The lowest BCUT2D eigenvalue weighted by atomic mass is 9.84. The summed E-state index contributed by atoms with van der Waals surface area (Å²) in [4.78, 5) is 41.3. The van der Waals surface area contributed by atoms with E-state index in [2.05, 4.69) is 42.4 Å². The van der Waals surface area contributed by atoms with Crippen LogP contribution in [0.5, 0.6) is 5.75 Å². The minimum Gasteiger partial charge on any atom is -0.497 e. The molecule has 1 fully saturated rings. The molecule has 1 aromatic carbocycles. The molecule has 0 atom stereocenters. The van der Waals surface area contributed by atoms with Gasteiger partial charge in [-0.15, -0.1) is 6.58 Å². The molecule has 0 unspecified atom stereocenters. The number of hydrogen-bond acceptors (Lipinski definition) is 6. The second kappa shape index (κ2) is 13.3. The normalized spacial score (nSPS) is 15.1. The Kier molecular flexibility index (Phi) is 10.3. The molecule has 3 rings (SSSR count). The number of benzene rings is 1. The van der Waals surface area contributed by atoms with Crippen LogP contribution in [0.1, 0.15) is 58.7 Å². The first kappa shape index (κ1) is 31.1. The lowest BCUT2D eigenvalue weighted by molar-refractivity contribution is -0.124. The summed E-state index contributed by atoms with van der Waals surface area (Å²) < 4.78 is 5.30. The Morgan fingerprint density at radius 3 is 2.38 bits per heavy atom. The van der Waals surface area contributed by atoms with Crippen LogP contribution >= 0.6 is 0 Å². The highest BCUT2D eigenvalue weighted by Gasteiger charge is 2.41. The number of ether oxygens (including phenoxy) is 1. The fraction of sp³-hybridized carbons (Fsp3) is 0.562. The molecule has 8 heteroatoms. The molecule has 0 aliphatic carbocycles. The fourth-order valence-electron chi connectivity index (χ4n) is 5.26. The number of Topliss-reactive ketones (excluding diaryl/α,β-unsaturated/α-hetero) is 1. The zero-order chi connectivity index (χ0) is 29.5. The van der Waals surface area contributed by atoms with E-state index >= 15 is 0 Å². The van der Waals surface area contributed by atoms with Gasteiger partial charge in [0.1, 0.15) is 11.5 Å². The zero-order valence-electron chi connectivity index (χ0n) is 25.4. The van der Waals surface area contributed by atoms with E-state index in [9.17, 15) is 9.59 Å². The Bertz CT molecular complexity index is 1150. The smallest absolute Gasteiger partial charge is 0.320 e. The molecule has 0 bridgehead atoms. The van der Waals surface area contributed by atoms with Gasteiger partial charge in [-0.1, -0.05) is 45.9 Å². The van der Waals surface area contributed by atoms with Gasteiger partial charge in [-0.3, -0.25) is 4.79 Å². The quantitative estimate of drug-likeness (QED) is 0.329. The summed E-state index contributed by atoms with van der Waals surface area (Å²) in [5.74, 6) is 2.00. The summed E-state index contributed by atoms with van der Waals surface area (Å²) in [5.41, 5.74) is 1.07. The maximum Gasteiger partial charge on any atom is 0.320 e. The first-order valence-corrected chi connectivity index (χ1v) is 14.3. The summed E-state index contributed by atoms with van der Waals surface area (Å²) in [6.07, 6.45) is 6.50. The SMILES string of the molecule is C=CC1(N(CCc2ccc(OC)cc2)C(=O)N(C)CC(C)C)CCN(c2nccc(CC(C)(C)C(C)=O)n2)CC1. The van der Waals surface area contributed by atoms with Gasteiger partial charge in [0.2, 0.25) is 5.95 Å². The van der Waals surface area contributed by atoms with Crippen molar-refractivity contribution in [3.8, 4) is 5.75 Å². The highest BCUT2D eigenvalue weighted by Crippen LogP contribution is 2.33. The van der Waals surface area contributed by atoms with E-state index in [1.54, 1.807) is 20.2 Å². The third kappa shape index (κ3) is 7.61. The molecule has 2 heterocycles. The summed E-state index contributed by atoms with van der Waals surface area (Å²) in [6.45, 7) is 16.7. The first-order valence-electron chi connectivity index (χ1n) is 14.3. The molecule has 2 amide bonds. The third-order valence-electron chi connectivity index (χ3n) is 8.09. The summed E-state index contributed by atoms with van der Waals surface area (Å²) in [6, 6.07) is 9.94. The van der Waals surface area contributed by atoms with Crippen LogP contribution in [-0.2, 0) is 17.6 Å². The molecule has 1 aromatic heterocycles. The molecule has 0 N–H and O–H groups in total. The van der Waals surface area contributed by atoms with Crippen molar-refractivity contribution in [2.45, 2.75) is 65.8 Å². The van der Waals surface area contributed by atoms with Crippen molar-refractivity contribution in [1.82, 2.24) is 19.8 Å². The topological polar surface area (TPSA) is 78.9 Å². The van der Waals surface area contributed by atoms with Crippen LogP contribution in [0.3, 0.4) is 0 Å². The van der Waals surface area contributed by atoms with E-state index in [-0.39, 0.29) is 11.8 Å². The van der Waals surface area contributed by atoms with E-state index in [0.717, 1.165) is 36.3 Å². The summed E-state index contributed by atoms with van der Waals surface area (Å²) in [5, 5.41) is 0. The Morgan fingerprint density at radius 2 is 1.82 bits per heavy atom. The molecule has 1 saturated heterocycles. The van der Waals surface area contributed by atoms with E-state index in [4.69, 9.17) is 9.72 Å². The van der Waals surface area contributed by atoms with E-state index < -0.39 is 11.0 Å². The molecular weight excluding hydrogens is 502 g/mol. The van der Waals surface area contributed by atoms with Gasteiger partial charge in [-0.25, -0.2) is 14.8 Å². The number of urea groups is 1. The van der Waals surface area contributed by atoms with Crippen molar-refractivity contribution < 1.29 is 14.3 Å². The highest BCUT2D eigenvalue weighted by atomic mass is 16.5. The van der Waals surface area contributed by atoms with E-state index in [1.165, 1.54) is 0 Å². The van der Waals surface area contributed by atoms with Gasteiger partial charge in [-0.2, -0.15) is 0 Å². The van der Waals surface area contributed by atoms with Crippen LogP contribution in [0.2, 0.25) is 0 Å².